The van der Waals surface area contributed by atoms with E-state index in [0.717, 1.165) is 0 Å². The van der Waals surface area contributed by atoms with Gasteiger partial charge >= 0.3 is 5.97 Å². The number of hydrogen-bond acceptors (Lipinski definition) is 5. The molecule has 6 heteroatoms. The maximum Gasteiger partial charge on any atom is 0.307 e. The number of carbonyl (C=O) groups is 2. The number of nitrogens with zero attached hydrogens (tertiary/aromatic N) is 1. The van der Waals surface area contributed by atoms with Crippen molar-refractivity contribution in [3.05, 3.63) is 29.8 Å². The predicted octanol–water partition coefficient (Wildman–Crippen LogP) is 1.39. The van der Waals surface area contributed by atoms with Gasteiger partial charge in [0.05, 0.1) is 18.1 Å². The molecule has 0 spiro atoms. The maximum absolute atomic E-state index is 11.5. The van der Waals surface area contributed by atoms with Crippen LogP contribution in [0, 0.1) is 11.3 Å². The minimum atomic E-state index is -0.361. The van der Waals surface area contributed by atoms with E-state index in [1.165, 1.54) is 0 Å². The Hall–Kier alpha value is -2.55. The van der Waals surface area contributed by atoms with Crippen LogP contribution in [0.2, 0.25) is 0 Å². The molecule has 0 aliphatic heterocycles. The lowest BCUT2D eigenvalue weighted by Gasteiger charge is -2.09. The van der Waals surface area contributed by atoms with Crippen LogP contribution in [0.25, 0.3) is 0 Å². The molecule has 0 radical (unpaired) electrons. The molecule has 0 aliphatic rings. The molecule has 0 atom stereocenters. The van der Waals surface area contributed by atoms with E-state index >= 15 is 0 Å². The monoisotopic (exact) mass is 290 g/mol. The van der Waals surface area contributed by atoms with E-state index < -0.39 is 0 Å². The highest BCUT2D eigenvalue weighted by atomic mass is 16.5. The first-order valence-electron chi connectivity index (χ1n) is 6.61. The van der Waals surface area contributed by atoms with Gasteiger partial charge in [-0.05, 0) is 26.0 Å². The lowest BCUT2D eigenvalue weighted by atomic mass is 10.2. The molecule has 1 N–H and O–H groups in total. The smallest absolute Gasteiger partial charge is 0.307 e. The minimum Gasteiger partial charge on any atom is -0.482 e. The average Bonchev–Trinajstić information content (AvgIpc) is 2.44. The Balaban J connectivity index is 2.29. The number of amides is 1. The van der Waals surface area contributed by atoms with Gasteiger partial charge < -0.3 is 14.8 Å². The summed E-state index contributed by atoms with van der Waals surface area (Å²) in [4.78, 5) is 22.8. The summed E-state index contributed by atoms with van der Waals surface area (Å²) in [5, 5.41) is 11.4. The van der Waals surface area contributed by atoms with E-state index in [1.807, 2.05) is 6.07 Å². The van der Waals surface area contributed by atoms with Crippen molar-refractivity contribution < 1.29 is 19.1 Å². The van der Waals surface area contributed by atoms with Crippen LogP contribution in [0.1, 0.15) is 25.8 Å². The second-order valence-corrected chi connectivity index (χ2v) is 4.54. The van der Waals surface area contributed by atoms with Crippen LogP contribution >= 0.6 is 0 Å². The fraction of sp³-hybridized carbons (Fsp3) is 0.400. The van der Waals surface area contributed by atoms with Gasteiger partial charge in [0.1, 0.15) is 11.8 Å². The largest absolute Gasteiger partial charge is 0.482 e. The van der Waals surface area contributed by atoms with Crippen molar-refractivity contribution in [1.29, 1.82) is 5.26 Å². The molecule has 6 nitrogen and oxygen atoms in total. The van der Waals surface area contributed by atoms with Crippen molar-refractivity contribution in [3.63, 3.8) is 0 Å². The summed E-state index contributed by atoms with van der Waals surface area (Å²) in [6.45, 7) is 3.50. The molecule has 1 aromatic rings. The Morgan fingerprint density at radius 1 is 1.33 bits per heavy atom. The van der Waals surface area contributed by atoms with Crippen LogP contribution in [0.3, 0.4) is 0 Å². The third-order valence-corrected chi connectivity index (χ3v) is 2.38. The van der Waals surface area contributed by atoms with E-state index in [-0.39, 0.29) is 37.6 Å². The van der Waals surface area contributed by atoms with Gasteiger partial charge in [0.2, 0.25) is 0 Å². The summed E-state index contributed by atoms with van der Waals surface area (Å²) in [7, 11) is 0. The first-order valence-corrected chi connectivity index (χ1v) is 6.61. The Morgan fingerprint density at radius 2 is 2.05 bits per heavy atom. The van der Waals surface area contributed by atoms with Gasteiger partial charge in [0, 0.05) is 6.54 Å². The Morgan fingerprint density at radius 3 is 2.71 bits per heavy atom. The molecular weight excluding hydrogens is 272 g/mol. The molecule has 0 heterocycles. The quantitative estimate of drug-likeness (QED) is 0.767. The first-order chi connectivity index (χ1) is 10.0. The standard InChI is InChI=1S/C15H18N2O4/c1-11(2)21-15(19)7-8-17-14(18)10-20-13-6-4-3-5-12(13)9-16/h3-6,11H,7-8,10H2,1-2H3,(H,17,18). The molecule has 0 aliphatic carbocycles. The third-order valence-electron chi connectivity index (χ3n) is 2.38. The second kappa shape index (κ2) is 8.59. The Kier molecular flexibility index (Phi) is 6.75. The van der Waals surface area contributed by atoms with E-state index in [9.17, 15) is 9.59 Å². The third kappa shape index (κ3) is 6.43. The highest BCUT2D eigenvalue weighted by Crippen LogP contribution is 2.15. The lowest BCUT2D eigenvalue weighted by Crippen LogP contribution is -2.31. The number of para-hydroxylation sites is 1. The molecule has 1 rings (SSSR count). The number of carbonyl (C=O) groups excluding carboxylic acids is 2. The van der Waals surface area contributed by atoms with E-state index in [1.54, 1.807) is 38.1 Å². The average molecular weight is 290 g/mol. The number of nitrogens with one attached hydrogen (secondary N) is 1. The van der Waals surface area contributed by atoms with Crippen LogP contribution in [0.4, 0.5) is 0 Å². The van der Waals surface area contributed by atoms with Crippen LogP contribution in [0.5, 0.6) is 5.75 Å². The molecule has 1 amide bonds. The van der Waals surface area contributed by atoms with Crippen molar-refractivity contribution in [2.45, 2.75) is 26.4 Å². The summed E-state index contributed by atoms with van der Waals surface area (Å²) < 4.78 is 10.2. The van der Waals surface area contributed by atoms with Gasteiger partial charge in [0.15, 0.2) is 6.61 Å². The zero-order valence-corrected chi connectivity index (χ0v) is 12.1. The van der Waals surface area contributed by atoms with Crippen LogP contribution in [-0.4, -0.2) is 31.1 Å². The summed E-state index contributed by atoms with van der Waals surface area (Å²) in [5.41, 5.74) is 0.366. The summed E-state index contributed by atoms with van der Waals surface area (Å²) in [6, 6.07) is 8.63. The van der Waals surface area contributed by atoms with E-state index in [0.29, 0.717) is 11.3 Å². The molecule has 0 fully saturated rings. The predicted molar refractivity (Wildman–Crippen MR) is 75.5 cm³/mol. The molecule has 0 saturated heterocycles. The molecule has 0 saturated carbocycles. The van der Waals surface area contributed by atoms with Gasteiger partial charge in [-0.25, -0.2) is 0 Å². The van der Waals surface area contributed by atoms with Gasteiger partial charge in [-0.3, -0.25) is 9.59 Å². The molecular formula is C15H18N2O4. The molecule has 1 aromatic carbocycles. The zero-order chi connectivity index (χ0) is 15.7. The number of ether oxygens (including phenoxy) is 2. The Labute approximate surface area is 123 Å². The number of hydrogen-bond donors (Lipinski definition) is 1. The topological polar surface area (TPSA) is 88.4 Å². The van der Waals surface area contributed by atoms with Crippen LogP contribution in [-0.2, 0) is 14.3 Å². The number of rotatable bonds is 7. The molecule has 21 heavy (non-hydrogen) atoms. The highest BCUT2D eigenvalue weighted by Gasteiger charge is 2.08. The van der Waals surface area contributed by atoms with Crippen molar-refractivity contribution in [1.82, 2.24) is 5.32 Å². The van der Waals surface area contributed by atoms with E-state index in [2.05, 4.69) is 5.32 Å². The maximum atomic E-state index is 11.5. The van der Waals surface area contributed by atoms with Crippen molar-refractivity contribution in [2.24, 2.45) is 0 Å². The molecule has 0 unspecified atom stereocenters. The van der Waals surface area contributed by atoms with Gasteiger partial charge in [0.25, 0.3) is 5.91 Å². The SMILES string of the molecule is CC(C)OC(=O)CCNC(=O)COc1ccccc1C#N. The first kappa shape index (κ1) is 16.5. The number of esters is 1. The zero-order valence-electron chi connectivity index (χ0n) is 12.1. The summed E-state index contributed by atoms with van der Waals surface area (Å²) >= 11 is 0. The lowest BCUT2D eigenvalue weighted by molar-refractivity contribution is -0.147. The number of benzene rings is 1. The van der Waals surface area contributed by atoms with Crippen LogP contribution < -0.4 is 10.1 Å². The van der Waals surface area contributed by atoms with Crippen molar-refractivity contribution in [2.75, 3.05) is 13.2 Å². The fourth-order valence-corrected chi connectivity index (χ4v) is 1.51. The van der Waals surface area contributed by atoms with Crippen LogP contribution in [0.15, 0.2) is 24.3 Å². The van der Waals surface area contributed by atoms with Gasteiger partial charge in [-0.15, -0.1) is 0 Å². The van der Waals surface area contributed by atoms with Crippen molar-refractivity contribution >= 4 is 11.9 Å². The highest BCUT2D eigenvalue weighted by molar-refractivity contribution is 5.78. The van der Waals surface area contributed by atoms with Crippen molar-refractivity contribution in [3.8, 4) is 11.8 Å². The normalized spacial score (nSPS) is 9.81. The summed E-state index contributed by atoms with van der Waals surface area (Å²) in [6.07, 6.45) is -0.0578. The summed E-state index contributed by atoms with van der Waals surface area (Å²) in [5.74, 6) is -0.365. The molecule has 112 valence electrons. The van der Waals surface area contributed by atoms with E-state index in [4.69, 9.17) is 14.7 Å². The minimum absolute atomic E-state index is 0.110. The molecule has 0 aromatic heterocycles. The number of nitriles is 1. The fourth-order valence-electron chi connectivity index (χ4n) is 1.51. The Bertz CT molecular complexity index is 535. The van der Waals surface area contributed by atoms with Gasteiger partial charge in [-0.1, -0.05) is 12.1 Å². The molecule has 0 bridgehead atoms. The van der Waals surface area contributed by atoms with Gasteiger partial charge in [-0.2, -0.15) is 5.26 Å². The second-order valence-electron chi connectivity index (χ2n) is 4.54.